The van der Waals surface area contributed by atoms with Gasteiger partial charge in [-0.05, 0) is 29.8 Å². The third-order valence-electron chi connectivity index (χ3n) is 3.46. The minimum absolute atomic E-state index is 0.0130. The molecule has 0 N–H and O–H groups in total. The van der Waals surface area contributed by atoms with Crippen LogP contribution in [0.2, 0.25) is 0 Å². The maximum atomic E-state index is 12.7. The molecule has 0 aliphatic carbocycles. The fourth-order valence-corrected chi connectivity index (χ4v) is 3.40. The highest BCUT2D eigenvalue weighted by Gasteiger charge is 2.11. The lowest BCUT2D eigenvalue weighted by atomic mass is 10.1. The van der Waals surface area contributed by atoms with Crippen molar-refractivity contribution in [1.29, 1.82) is 0 Å². The number of benzene rings is 2. The zero-order valence-electron chi connectivity index (χ0n) is 12.2. The van der Waals surface area contributed by atoms with Crippen LogP contribution >= 0.6 is 23.4 Å². The molecular weight excluding hydrogens is 316 g/mol. The minimum atomic E-state index is -0.0130. The van der Waals surface area contributed by atoms with E-state index >= 15 is 0 Å². The van der Waals surface area contributed by atoms with Crippen LogP contribution in [0.15, 0.2) is 58.0 Å². The number of hydrogen-bond donors (Lipinski definition) is 0. The molecule has 1 heterocycles. The fourth-order valence-electron chi connectivity index (χ4n) is 2.42. The molecule has 3 nitrogen and oxygen atoms in total. The van der Waals surface area contributed by atoms with Crippen molar-refractivity contribution in [2.45, 2.75) is 18.6 Å². The number of nitrogens with zero attached hydrogens (tertiary/aromatic N) is 2. The summed E-state index contributed by atoms with van der Waals surface area (Å²) in [5, 5.41) is 3.99. The molecule has 2 aromatic carbocycles. The Labute approximate surface area is 137 Å². The van der Waals surface area contributed by atoms with Gasteiger partial charge in [0, 0.05) is 17.3 Å². The van der Waals surface area contributed by atoms with Gasteiger partial charge in [0.15, 0.2) is 5.16 Å². The van der Waals surface area contributed by atoms with Crippen molar-refractivity contribution in [1.82, 2.24) is 9.55 Å². The molecule has 3 rings (SSSR count). The van der Waals surface area contributed by atoms with Gasteiger partial charge >= 0.3 is 0 Å². The molecule has 0 unspecified atom stereocenters. The van der Waals surface area contributed by atoms with Crippen LogP contribution in [-0.4, -0.2) is 15.3 Å². The van der Waals surface area contributed by atoms with Crippen molar-refractivity contribution in [2.24, 2.45) is 0 Å². The molecule has 0 saturated carbocycles. The Morgan fingerprint density at radius 2 is 2.00 bits per heavy atom. The van der Waals surface area contributed by atoms with Crippen molar-refractivity contribution in [2.75, 3.05) is 5.75 Å². The van der Waals surface area contributed by atoms with E-state index in [0.717, 1.165) is 16.3 Å². The summed E-state index contributed by atoms with van der Waals surface area (Å²) in [6.45, 7) is 6.20. The predicted molar refractivity (Wildman–Crippen MR) is 94.9 cm³/mol. The molecular formula is C17H15ClN2OS. The number of fused-ring (bicyclic) bond motifs is 2. The van der Waals surface area contributed by atoms with Crippen LogP contribution in [0.1, 0.15) is 6.92 Å². The third kappa shape index (κ3) is 2.76. The number of hydrogen-bond acceptors (Lipinski definition) is 3. The molecule has 0 radical (unpaired) electrons. The number of thioether (sulfide) groups is 1. The molecule has 0 amide bonds. The van der Waals surface area contributed by atoms with Gasteiger partial charge in [-0.2, -0.15) is 0 Å². The summed E-state index contributed by atoms with van der Waals surface area (Å²) in [6, 6.07) is 11.9. The average molecular weight is 331 g/mol. The number of halogens is 1. The second kappa shape index (κ2) is 6.15. The second-order valence-corrected chi connectivity index (χ2v) is 6.44. The van der Waals surface area contributed by atoms with E-state index in [2.05, 4.69) is 11.6 Å². The zero-order valence-corrected chi connectivity index (χ0v) is 13.7. The molecule has 0 aliphatic rings. The van der Waals surface area contributed by atoms with Gasteiger partial charge in [0.05, 0.1) is 10.9 Å². The van der Waals surface area contributed by atoms with Crippen LogP contribution in [0.5, 0.6) is 0 Å². The molecule has 0 bridgehead atoms. The molecule has 0 fully saturated rings. The van der Waals surface area contributed by atoms with Crippen LogP contribution in [0.4, 0.5) is 0 Å². The van der Waals surface area contributed by atoms with E-state index in [1.54, 1.807) is 4.57 Å². The minimum Gasteiger partial charge on any atom is -0.287 e. The third-order valence-corrected chi connectivity index (χ3v) is 4.82. The molecule has 0 aliphatic heterocycles. The first-order valence-electron chi connectivity index (χ1n) is 6.99. The summed E-state index contributed by atoms with van der Waals surface area (Å²) >= 11 is 7.26. The normalized spacial score (nSPS) is 11.2. The summed E-state index contributed by atoms with van der Waals surface area (Å²) in [5.74, 6) is 0.535. The van der Waals surface area contributed by atoms with Crippen LogP contribution in [0, 0.1) is 0 Å². The van der Waals surface area contributed by atoms with Gasteiger partial charge in [-0.3, -0.25) is 9.36 Å². The second-order valence-electron chi connectivity index (χ2n) is 4.97. The summed E-state index contributed by atoms with van der Waals surface area (Å²) in [4.78, 5) is 17.4. The summed E-state index contributed by atoms with van der Waals surface area (Å²) in [5.41, 5.74) is 0.706. The lowest BCUT2D eigenvalue weighted by molar-refractivity contribution is 0.635. The standard InChI is InChI=1S/C17H15ClN2OS/c1-3-20-16(21)14-8-12-6-4-5-7-13(12)9-15(14)19-17(20)22-10-11(2)18/h4-9H,2-3,10H2,1H3. The molecule has 1 aromatic heterocycles. The fraction of sp³-hybridized carbons (Fsp3) is 0.176. The van der Waals surface area contributed by atoms with Gasteiger partial charge in [-0.25, -0.2) is 4.98 Å². The SMILES string of the molecule is C=C(Cl)CSc1nc2cc3ccccc3cc2c(=O)n1CC. The Bertz CT molecular complexity index is 933. The van der Waals surface area contributed by atoms with Gasteiger partial charge in [0.2, 0.25) is 0 Å². The van der Waals surface area contributed by atoms with E-state index in [-0.39, 0.29) is 5.56 Å². The van der Waals surface area contributed by atoms with Crippen LogP contribution < -0.4 is 5.56 Å². The molecule has 0 saturated heterocycles. The number of rotatable bonds is 4. The lowest BCUT2D eigenvalue weighted by Gasteiger charge is -2.11. The highest BCUT2D eigenvalue weighted by atomic mass is 35.5. The van der Waals surface area contributed by atoms with Crippen LogP contribution in [0.3, 0.4) is 0 Å². The maximum absolute atomic E-state index is 12.7. The molecule has 0 spiro atoms. The molecule has 3 aromatic rings. The Hall–Kier alpha value is -1.78. The van der Waals surface area contributed by atoms with Crippen molar-refractivity contribution >= 4 is 45.0 Å². The van der Waals surface area contributed by atoms with Gasteiger partial charge in [-0.1, -0.05) is 54.2 Å². The average Bonchev–Trinajstić information content (AvgIpc) is 2.51. The topological polar surface area (TPSA) is 34.9 Å². The van der Waals surface area contributed by atoms with E-state index in [1.807, 2.05) is 43.3 Å². The highest BCUT2D eigenvalue weighted by molar-refractivity contribution is 7.99. The van der Waals surface area contributed by atoms with Crippen molar-refractivity contribution in [3.8, 4) is 0 Å². The molecule has 112 valence electrons. The Balaban J connectivity index is 2.26. The quantitative estimate of drug-likeness (QED) is 0.403. The van der Waals surface area contributed by atoms with Crippen molar-refractivity contribution in [3.05, 3.63) is 58.4 Å². The van der Waals surface area contributed by atoms with Gasteiger partial charge in [-0.15, -0.1) is 0 Å². The first kappa shape index (κ1) is 15.1. The molecule has 5 heteroatoms. The highest BCUT2D eigenvalue weighted by Crippen LogP contribution is 2.24. The van der Waals surface area contributed by atoms with E-state index < -0.39 is 0 Å². The van der Waals surface area contributed by atoms with Gasteiger partial charge < -0.3 is 0 Å². The van der Waals surface area contributed by atoms with Crippen LogP contribution in [0.25, 0.3) is 21.7 Å². The summed E-state index contributed by atoms with van der Waals surface area (Å²) in [6.07, 6.45) is 0. The zero-order chi connectivity index (χ0) is 15.7. The summed E-state index contributed by atoms with van der Waals surface area (Å²) in [7, 11) is 0. The van der Waals surface area contributed by atoms with Crippen molar-refractivity contribution in [3.63, 3.8) is 0 Å². The van der Waals surface area contributed by atoms with Crippen molar-refractivity contribution < 1.29 is 0 Å². The van der Waals surface area contributed by atoms with E-state index in [9.17, 15) is 4.79 Å². The number of aromatic nitrogens is 2. The Morgan fingerprint density at radius 3 is 2.64 bits per heavy atom. The first-order chi connectivity index (χ1) is 10.6. The predicted octanol–water partition coefficient (Wildman–Crippen LogP) is 4.41. The monoisotopic (exact) mass is 330 g/mol. The van der Waals surface area contributed by atoms with Gasteiger partial charge in [0.25, 0.3) is 5.56 Å². The molecule has 0 atom stereocenters. The Kier molecular flexibility index (Phi) is 4.23. The van der Waals surface area contributed by atoms with Gasteiger partial charge in [0.1, 0.15) is 0 Å². The van der Waals surface area contributed by atoms with E-state index in [4.69, 9.17) is 11.6 Å². The Morgan fingerprint density at radius 1 is 1.32 bits per heavy atom. The maximum Gasteiger partial charge on any atom is 0.262 e. The lowest BCUT2D eigenvalue weighted by Crippen LogP contribution is -2.22. The smallest absolute Gasteiger partial charge is 0.262 e. The van der Waals surface area contributed by atoms with E-state index in [1.165, 1.54) is 11.8 Å². The summed E-state index contributed by atoms with van der Waals surface area (Å²) < 4.78 is 1.68. The van der Waals surface area contributed by atoms with Crippen LogP contribution in [-0.2, 0) is 6.54 Å². The molecule has 22 heavy (non-hydrogen) atoms. The van der Waals surface area contributed by atoms with E-state index in [0.29, 0.717) is 27.9 Å². The first-order valence-corrected chi connectivity index (χ1v) is 8.36. The largest absolute Gasteiger partial charge is 0.287 e.